The van der Waals surface area contributed by atoms with Crippen LogP contribution in [0.3, 0.4) is 0 Å². The van der Waals surface area contributed by atoms with Gasteiger partial charge >= 0.3 is 10.5 Å². The fourth-order valence-electron chi connectivity index (χ4n) is 3.49. The highest BCUT2D eigenvalue weighted by atomic mass is 32.3. The first-order valence-corrected chi connectivity index (χ1v) is 10.1. The number of aromatic nitrogens is 1. The van der Waals surface area contributed by atoms with Gasteiger partial charge in [0.15, 0.2) is 11.5 Å². The Balaban J connectivity index is 1.42. The number of fused-ring (bicyclic) bond motifs is 1. The molecule has 1 aliphatic heterocycles. The lowest BCUT2D eigenvalue weighted by atomic mass is 9.97. The number of hydrogen-bond acceptors (Lipinski definition) is 6. The minimum atomic E-state index is -4.99. The van der Waals surface area contributed by atoms with Crippen molar-refractivity contribution in [1.82, 2.24) is 9.88 Å². The molecule has 0 saturated carbocycles. The van der Waals surface area contributed by atoms with E-state index in [2.05, 4.69) is 14.1 Å². The van der Waals surface area contributed by atoms with Crippen molar-refractivity contribution in [3.05, 3.63) is 60.0 Å². The van der Waals surface area contributed by atoms with Gasteiger partial charge in [0.1, 0.15) is 11.3 Å². The first-order valence-electron chi connectivity index (χ1n) is 8.77. The summed E-state index contributed by atoms with van der Waals surface area (Å²) >= 11 is 0. The number of likely N-dealkylation sites (tertiary alicyclic amines) is 1. The molecule has 1 fully saturated rings. The molecular formula is C19H19FN2O4S. The van der Waals surface area contributed by atoms with E-state index in [1.165, 1.54) is 12.1 Å². The van der Waals surface area contributed by atoms with E-state index in [1.807, 2.05) is 24.3 Å². The van der Waals surface area contributed by atoms with Gasteiger partial charge in [-0.2, -0.15) is 8.42 Å². The molecule has 0 N–H and O–H groups in total. The molecule has 0 spiro atoms. The van der Waals surface area contributed by atoms with Crippen molar-refractivity contribution in [1.29, 1.82) is 0 Å². The van der Waals surface area contributed by atoms with Crippen LogP contribution in [0.4, 0.5) is 3.89 Å². The van der Waals surface area contributed by atoms with Gasteiger partial charge in [-0.05, 0) is 49.2 Å². The zero-order valence-electron chi connectivity index (χ0n) is 14.5. The molecule has 0 aliphatic carbocycles. The fourth-order valence-corrected chi connectivity index (χ4v) is 3.83. The van der Waals surface area contributed by atoms with Crippen LogP contribution in [-0.4, -0.2) is 31.4 Å². The molecule has 1 unspecified atom stereocenters. The van der Waals surface area contributed by atoms with Gasteiger partial charge in [0, 0.05) is 19.0 Å². The lowest BCUT2D eigenvalue weighted by Crippen LogP contribution is -2.34. The maximum absolute atomic E-state index is 12.6. The average Bonchev–Trinajstić information content (AvgIpc) is 3.07. The highest BCUT2D eigenvalue weighted by molar-refractivity contribution is 7.81. The number of piperidine rings is 1. The van der Waals surface area contributed by atoms with E-state index in [9.17, 15) is 12.3 Å². The second-order valence-electron chi connectivity index (χ2n) is 6.71. The summed E-state index contributed by atoms with van der Waals surface area (Å²) in [5.74, 6) is 0.979. The van der Waals surface area contributed by atoms with Crippen LogP contribution in [0.5, 0.6) is 5.75 Å². The van der Waals surface area contributed by atoms with Crippen LogP contribution in [0.1, 0.15) is 30.2 Å². The Labute approximate surface area is 157 Å². The lowest BCUT2D eigenvalue weighted by molar-refractivity contribution is 0.187. The minimum Gasteiger partial charge on any atom is -0.440 e. The summed E-state index contributed by atoms with van der Waals surface area (Å²) in [6, 6.07) is 14.1. The topological polar surface area (TPSA) is 72.6 Å². The molecule has 1 atom stereocenters. The Hall–Kier alpha value is -2.45. The Kier molecular flexibility index (Phi) is 4.84. The fraction of sp³-hybridized carbons (Fsp3) is 0.316. The second-order valence-corrected chi connectivity index (χ2v) is 7.67. The van der Waals surface area contributed by atoms with Crippen LogP contribution in [0.25, 0.3) is 11.1 Å². The largest absolute Gasteiger partial charge is 0.488 e. The molecule has 27 heavy (non-hydrogen) atoms. The van der Waals surface area contributed by atoms with E-state index < -0.39 is 10.5 Å². The van der Waals surface area contributed by atoms with Gasteiger partial charge in [-0.1, -0.05) is 28.2 Å². The van der Waals surface area contributed by atoms with E-state index in [0.717, 1.165) is 48.5 Å². The Morgan fingerprint density at radius 3 is 2.70 bits per heavy atom. The first-order chi connectivity index (χ1) is 13.0. The summed E-state index contributed by atoms with van der Waals surface area (Å²) in [5, 5.41) is 0. The third-order valence-electron chi connectivity index (χ3n) is 4.69. The van der Waals surface area contributed by atoms with E-state index in [-0.39, 0.29) is 11.7 Å². The molecule has 1 aliphatic rings. The molecule has 0 radical (unpaired) electrons. The molecule has 1 saturated heterocycles. The standard InChI is InChI=1S/C19H19FN2O4S/c20-27(23,24)26-16-9-7-14(8-10-16)12-22-11-3-4-15(13-22)19-21-17-5-1-2-6-18(17)25-19/h1-2,5-10,15H,3-4,11-13H2. The number of benzene rings is 2. The minimum absolute atomic E-state index is 0.0377. The van der Waals surface area contributed by atoms with Crippen molar-refractivity contribution in [2.45, 2.75) is 25.3 Å². The third-order valence-corrected chi connectivity index (χ3v) is 5.08. The molecule has 2 aromatic carbocycles. The zero-order valence-corrected chi connectivity index (χ0v) is 15.4. The normalized spacial score (nSPS) is 18.6. The number of rotatable bonds is 5. The van der Waals surface area contributed by atoms with Crippen molar-refractivity contribution >= 4 is 21.6 Å². The molecule has 142 valence electrons. The van der Waals surface area contributed by atoms with Crippen molar-refractivity contribution in [3.8, 4) is 5.75 Å². The summed E-state index contributed by atoms with van der Waals surface area (Å²) in [6.45, 7) is 2.51. The monoisotopic (exact) mass is 390 g/mol. The van der Waals surface area contributed by atoms with Crippen LogP contribution in [0, 0.1) is 0 Å². The molecule has 3 aromatic rings. The van der Waals surface area contributed by atoms with Crippen molar-refractivity contribution in [2.24, 2.45) is 0 Å². The molecular weight excluding hydrogens is 371 g/mol. The molecule has 2 heterocycles. The highest BCUT2D eigenvalue weighted by Crippen LogP contribution is 2.29. The van der Waals surface area contributed by atoms with Gasteiger partial charge in [0.25, 0.3) is 0 Å². The maximum atomic E-state index is 12.6. The molecule has 0 amide bonds. The van der Waals surface area contributed by atoms with Crippen LogP contribution >= 0.6 is 0 Å². The Morgan fingerprint density at radius 2 is 1.96 bits per heavy atom. The number of halogens is 1. The third kappa shape index (κ3) is 4.45. The maximum Gasteiger partial charge on any atom is 0.488 e. The Morgan fingerprint density at radius 1 is 1.19 bits per heavy atom. The van der Waals surface area contributed by atoms with E-state index in [0.29, 0.717) is 6.54 Å². The molecule has 6 nitrogen and oxygen atoms in total. The van der Waals surface area contributed by atoms with E-state index in [4.69, 9.17) is 4.42 Å². The second kappa shape index (κ2) is 7.28. The van der Waals surface area contributed by atoms with Crippen molar-refractivity contribution in [2.75, 3.05) is 13.1 Å². The number of hydrogen-bond donors (Lipinski definition) is 0. The lowest BCUT2D eigenvalue weighted by Gasteiger charge is -2.31. The average molecular weight is 390 g/mol. The van der Waals surface area contributed by atoms with E-state index in [1.54, 1.807) is 12.1 Å². The first kappa shape index (κ1) is 17.9. The molecule has 0 bridgehead atoms. The van der Waals surface area contributed by atoms with Crippen LogP contribution in [-0.2, 0) is 17.0 Å². The zero-order chi connectivity index (χ0) is 18.9. The van der Waals surface area contributed by atoms with Crippen molar-refractivity contribution < 1.29 is 20.9 Å². The van der Waals surface area contributed by atoms with Crippen molar-refractivity contribution in [3.63, 3.8) is 0 Å². The number of oxazole rings is 1. The van der Waals surface area contributed by atoms with Gasteiger partial charge in [0.05, 0.1) is 0 Å². The van der Waals surface area contributed by atoms with Gasteiger partial charge in [-0.3, -0.25) is 4.90 Å². The molecule has 4 rings (SSSR count). The SMILES string of the molecule is O=S(=O)(F)Oc1ccc(CN2CCCC(c3nc4ccccc4o3)C2)cc1. The molecule has 8 heteroatoms. The quantitative estimate of drug-likeness (QED) is 0.617. The predicted molar refractivity (Wildman–Crippen MR) is 98.4 cm³/mol. The van der Waals surface area contributed by atoms with Gasteiger partial charge < -0.3 is 8.60 Å². The van der Waals surface area contributed by atoms with Crippen LogP contribution in [0.2, 0.25) is 0 Å². The summed E-state index contributed by atoms with van der Waals surface area (Å²) in [6.07, 6.45) is 2.08. The summed E-state index contributed by atoms with van der Waals surface area (Å²) in [5.41, 5.74) is 2.68. The smallest absolute Gasteiger partial charge is 0.440 e. The summed E-state index contributed by atoms with van der Waals surface area (Å²) < 4.78 is 43.8. The van der Waals surface area contributed by atoms with Crippen LogP contribution < -0.4 is 4.18 Å². The molecule has 1 aromatic heterocycles. The predicted octanol–water partition coefficient (Wildman–Crippen LogP) is 3.80. The Bertz CT molecular complexity index is 1000. The number of nitrogens with zero attached hydrogens (tertiary/aromatic N) is 2. The van der Waals surface area contributed by atoms with E-state index >= 15 is 0 Å². The highest BCUT2D eigenvalue weighted by Gasteiger charge is 2.25. The van der Waals surface area contributed by atoms with Gasteiger partial charge in [-0.15, -0.1) is 0 Å². The summed E-state index contributed by atoms with van der Waals surface area (Å²) in [7, 11) is -4.99. The number of para-hydroxylation sites is 2. The van der Waals surface area contributed by atoms with Gasteiger partial charge in [-0.25, -0.2) is 4.98 Å². The summed E-state index contributed by atoms with van der Waals surface area (Å²) in [4.78, 5) is 6.93. The van der Waals surface area contributed by atoms with Crippen LogP contribution in [0.15, 0.2) is 52.9 Å². The van der Waals surface area contributed by atoms with Gasteiger partial charge in [0.2, 0.25) is 0 Å².